The minimum absolute atomic E-state index is 0.659. The van der Waals surface area contributed by atoms with Crippen LogP contribution in [0.1, 0.15) is 25.2 Å². The molecule has 0 saturated carbocycles. The van der Waals surface area contributed by atoms with Crippen molar-refractivity contribution in [3.63, 3.8) is 0 Å². The Labute approximate surface area is 107 Å². The lowest BCUT2D eigenvalue weighted by Gasteiger charge is -2.04. The van der Waals surface area contributed by atoms with E-state index < -0.39 is 0 Å². The van der Waals surface area contributed by atoms with Crippen LogP contribution in [0.5, 0.6) is 0 Å². The van der Waals surface area contributed by atoms with E-state index in [1.165, 1.54) is 0 Å². The van der Waals surface area contributed by atoms with Crippen molar-refractivity contribution in [3.05, 3.63) is 29.8 Å². The summed E-state index contributed by atoms with van der Waals surface area (Å²) in [4.78, 5) is 0. The normalized spacial score (nSPS) is 11.3. The number of hydrogen-bond donors (Lipinski definition) is 1. The smallest absolute Gasteiger partial charge is 0.104 e. The van der Waals surface area contributed by atoms with Gasteiger partial charge in [-0.15, -0.1) is 5.10 Å². The average Bonchev–Trinajstić information content (AvgIpc) is 2.89. The molecule has 18 heavy (non-hydrogen) atoms. The van der Waals surface area contributed by atoms with Gasteiger partial charge in [0.25, 0.3) is 0 Å². The number of rotatable bonds is 6. The highest BCUT2D eigenvalue weighted by molar-refractivity contribution is 5.01. The van der Waals surface area contributed by atoms with Crippen molar-refractivity contribution in [2.45, 2.75) is 26.9 Å². The molecule has 0 spiro atoms. The maximum atomic E-state index is 4.49. The van der Waals surface area contributed by atoms with Gasteiger partial charge in [-0.05, 0) is 18.5 Å². The summed E-state index contributed by atoms with van der Waals surface area (Å²) in [6.07, 6.45) is 3.87. The van der Waals surface area contributed by atoms with E-state index in [1.54, 1.807) is 4.68 Å². The summed E-state index contributed by atoms with van der Waals surface area (Å²) in [7, 11) is 1.86. The van der Waals surface area contributed by atoms with Crippen LogP contribution in [0.3, 0.4) is 0 Å². The predicted molar refractivity (Wildman–Crippen MR) is 68.9 cm³/mol. The number of hydrogen-bond acceptors (Lipinski definition) is 4. The Morgan fingerprint density at radius 3 is 2.83 bits per heavy atom. The van der Waals surface area contributed by atoms with Gasteiger partial charge in [0, 0.05) is 26.0 Å². The van der Waals surface area contributed by atoms with Crippen LogP contribution in [0.2, 0.25) is 0 Å². The van der Waals surface area contributed by atoms with Crippen molar-refractivity contribution in [3.8, 4) is 0 Å². The lowest BCUT2D eigenvalue weighted by Crippen LogP contribution is -2.19. The molecule has 0 aliphatic heterocycles. The van der Waals surface area contributed by atoms with Gasteiger partial charge in [0.1, 0.15) is 5.69 Å². The second-order valence-corrected chi connectivity index (χ2v) is 4.91. The fraction of sp³-hybridized carbons (Fsp3) is 0.583. The van der Waals surface area contributed by atoms with Crippen molar-refractivity contribution >= 4 is 0 Å². The maximum Gasteiger partial charge on any atom is 0.104 e. The first kappa shape index (κ1) is 12.8. The quantitative estimate of drug-likeness (QED) is 0.821. The molecule has 1 N–H and O–H groups in total. The van der Waals surface area contributed by atoms with E-state index in [1.807, 2.05) is 30.2 Å². The summed E-state index contributed by atoms with van der Waals surface area (Å²) in [5.74, 6) is 0.659. The topological polar surface area (TPSA) is 60.6 Å². The summed E-state index contributed by atoms with van der Waals surface area (Å²) < 4.78 is 3.58. The third-order valence-electron chi connectivity index (χ3n) is 2.53. The van der Waals surface area contributed by atoms with Crippen molar-refractivity contribution in [2.75, 3.05) is 6.54 Å². The van der Waals surface area contributed by atoms with Crippen LogP contribution in [0, 0.1) is 5.92 Å². The monoisotopic (exact) mass is 248 g/mol. The van der Waals surface area contributed by atoms with E-state index >= 15 is 0 Å². The first-order valence-corrected chi connectivity index (χ1v) is 6.21. The molecule has 0 bridgehead atoms. The molecular weight excluding hydrogens is 228 g/mol. The zero-order valence-corrected chi connectivity index (χ0v) is 11.2. The van der Waals surface area contributed by atoms with Gasteiger partial charge in [-0.25, -0.2) is 0 Å². The molecule has 2 heterocycles. The second-order valence-electron chi connectivity index (χ2n) is 4.91. The Kier molecular flexibility index (Phi) is 4.09. The zero-order chi connectivity index (χ0) is 13.0. The van der Waals surface area contributed by atoms with Crippen LogP contribution in [-0.4, -0.2) is 31.3 Å². The summed E-state index contributed by atoms with van der Waals surface area (Å²) in [6.45, 7) is 6.88. The van der Waals surface area contributed by atoms with Gasteiger partial charge in [-0.3, -0.25) is 9.36 Å². The van der Waals surface area contributed by atoms with Gasteiger partial charge >= 0.3 is 0 Å². The predicted octanol–water partition coefficient (Wildman–Crippen LogP) is 0.805. The standard InChI is InChI=1S/C12H20N6/c1-10(2)6-13-7-11-4-5-18(15-11)9-12-8-17(3)16-14-12/h4-5,8,10,13H,6-7,9H2,1-3H3. The van der Waals surface area contributed by atoms with Gasteiger partial charge in [0.2, 0.25) is 0 Å². The molecule has 0 aliphatic carbocycles. The van der Waals surface area contributed by atoms with Crippen molar-refractivity contribution in [2.24, 2.45) is 13.0 Å². The molecule has 0 aromatic carbocycles. The molecule has 0 unspecified atom stereocenters. The van der Waals surface area contributed by atoms with Crippen LogP contribution in [0.25, 0.3) is 0 Å². The largest absolute Gasteiger partial charge is 0.311 e. The van der Waals surface area contributed by atoms with Crippen LogP contribution >= 0.6 is 0 Å². The molecule has 0 amide bonds. The summed E-state index contributed by atoms with van der Waals surface area (Å²) in [5.41, 5.74) is 1.97. The first-order chi connectivity index (χ1) is 8.63. The molecule has 98 valence electrons. The van der Waals surface area contributed by atoms with Gasteiger partial charge in [0.05, 0.1) is 12.2 Å². The fourth-order valence-corrected chi connectivity index (χ4v) is 1.71. The Morgan fingerprint density at radius 2 is 2.17 bits per heavy atom. The Bertz CT molecular complexity index is 484. The molecular formula is C12H20N6. The van der Waals surface area contributed by atoms with Gasteiger partial charge in [-0.1, -0.05) is 19.1 Å². The third kappa shape index (κ3) is 3.66. The first-order valence-electron chi connectivity index (χ1n) is 6.21. The summed E-state index contributed by atoms with van der Waals surface area (Å²) in [5, 5.41) is 15.8. The molecule has 0 fully saturated rings. The van der Waals surface area contributed by atoms with Gasteiger partial charge in [-0.2, -0.15) is 5.10 Å². The molecule has 0 atom stereocenters. The van der Waals surface area contributed by atoms with Crippen LogP contribution in [-0.2, 0) is 20.1 Å². The van der Waals surface area contributed by atoms with E-state index in [0.29, 0.717) is 12.5 Å². The zero-order valence-electron chi connectivity index (χ0n) is 11.2. The van der Waals surface area contributed by atoms with Gasteiger partial charge in [0.15, 0.2) is 0 Å². The van der Waals surface area contributed by atoms with Crippen LogP contribution < -0.4 is 5.32 Å². The third-order valence-corrected chi connectivity index (χ3v) is 2.53. The molecule has 0 saturated heterocycles. The lowest BCUT2D eigenvalue weighted by molar-refractivity contribution is 0.542. The van der Waals surface area contributed by atoms with E-state index in [0.717, 1.165) is 24.5 Å². The number of aryl methyl sites for hydroxylation is 1. The lowest BCUT2D eigenvalue weighted by atomic mass is 10.2. The van der Waals surface area contributed by atoms with E-state index in [2.05, 4.69) is 34.6 Å². The molecule has 6 nitrogen and oxygen atoms in total. The van der Waals surface area contributed by atoms with E-state index in [9.17, 15) is 0 Å². The highest BCUT2D eigenvalue weighted by Gasteiger charge is 2.03. The summed E-state index contributed by atoms with van der Waals surface area (Å²) in [6, 6.07) is 2.03. The number of nitrogens with zero attached hydrogens (tertiary/aromatic N) is 5. The molecule has 2 rings (SSSR count). The van der Waals surface area contributed by atoms with Crippen molar-refractivity contribution in [1.29, 1.82) is 0 Å². The van der Waals surface area contributed by atoms with Crippen molar-refractivity contribution < 1.29 is 0 Å². The van der Waals surface area contributed by atoms with Crippen LogP contribution in [0.15, 0.2) is 18.5 Å². The van der Waals surface area contributed by atoms with E-state index in [-0.39, 0.29) is 0 Å². The second kappa shape index (κ2) is 5.77. The SMILES string of the molecule is CC(C)CNCc1ccn(Cc2cn(C)nn2)n1. The molecule has 0 aliphatic rings. The highest BCUT2D eigenvalue weighted by atomic mass is 15.4. The minimum atomic E-state index is 0.659. The minimum Gasteiger partial charge on any atom is -0.311 e. The molecule has 6 heteroatoms. The Hall–Kier alpha value is -1.69. The van der Waals surface area contributed by atoms with E-state index in [4.69, 9.17) is 0 Å². The van der Waals surface area contributed by atoms with Crippen LogP contribution in [0.4, 0.5) is 0 Å². The average molecular weight is 248 g/mol. The van der Waals surface area contributed by atoms with Crippen molar-refractivity contribution in [1.82, 2.24) is 30.1 Å². The van der Waals surface area contributed by atoms with Gasteiger partial charge < -0.3 is 5.32 Å². The Balaban J connectivity index is 1.86. The Morgan fingerprint density at radius 1 is 1.33 bits per heavy atom. The fourth-order valence-electron chi connectivity index (χ4n) is 1.71. The molecule has 2 aromatic rings. The summed E-state index contributed by atoms with van der Waals surface area (Å²) >= 11 is 0. The number of nitrogens with one attached hydrogen (secondary N) is 1. The molecule has 2 aromatic heterocycles. The highest BCUT2D eigenvalue weighted by Crippen LogP contribution is 2.00. The maximum absolute atomic E-state index is 4.49. The molecule has 0 radical (unpaired) electrons. The number of aromatic nitrogens is 5.